The lowest BCUT2D eigenvalue weighted by atomic mass is 10.0. The van der Waals surface area contributed by atoms with Crippen LogP contribution in [0.4, 0.5) is 10.1 Å². The smallest absolute Gasteiger partial charge is 0.262 e. The number of carbonyl (C=O) groups excluding carboxylic acids is 2. The number of anilines is 1. The molecule has 3 aliphatic rings. The fraction of sp³-hybridized carbons (Fsp3) is 0.375. The predicted molar refractivity (Wildman–Crippen MR) is 126 cm³/mol. The summed E-state index contributed by atoms with van der Waals surface area (Å²) in [6.07, 6.45) is 1.24. The predicted octanol–water partition coefficient (Wildman–Crippen LogP) is 2.31. The van der Waals surface area contributed by atoms with Crippen LogP contribution < -0.4 is 9.64 Å². The maximum absolute atomic E-state index is 14.8. The molecule has 1 aromatic heterocycles. The van der Waals surface area contributed by atoms with E-state index < -0.39 is 11.9 Å². The second-order valence-corrected chi connectivity index (χ2v) is 8.87. The molecule has 0 saturated carbocycles. The Morgan fingerprint density at radius 3 is 2.71 bits per heavy atom. The fourth-order valence-electron chi connectivity index (χ4n) is 4.74. The van der Waals surface area contributed by atoms with Gasteiger partial charge in [0.1, 0.15) is 29.4 Å². The molecule has 0 unspecified atom stereocenters. The largest absolute Gasteiger partial charge is 0.507 e. The normalized spacial score (nSPS) is 20.0. The summed E-state index contributed by atoms with van der Waals surface area (Å²) in [4.78, 5) is 35.6. The van der Waals surface area contributed by atoms with Crippen molar-refractivity contribution in [1.82, 2.24) is 14.8 Å². The Morgan fingerprint density at radius 1 is 1.23 bits per heavy atom. The summed E-state index contributed by atoms with van der Waals surface area (Å²) < 4.78 is 26.3. The molecule has 0 spiro atoms. The number of aromatic hydroxyl groups is 1. The summed E-state index contributed by atoms with van der Waals surface area (Å²) >= 11 is 6.82. The summed E-state index contributed by atoms with van der Waals surface area (Å²) in [5.74, 6) is -1.57. The number of phenolic OH excluding ortho intramolecular Hbond substituents is 1. The molecule has 2 saturated heterocycles. The van der Waals surface area contributed by atoms with Gasteiger partial charge in [-0.15, -0.1) is 0 Å². The summed E-state index contributed by atoms with van der Waals surface area (Å²) in [7, 11) is 0. The van der Waals surface area contributed by atoms with Crippen LogP contribution in [0.1, 0.15) is 10.4 Å². The van der Waals surface area contributed by atoms with E-state index in [2.05, 4.69) is 11.6 Å². The highest BCUT2D eigenvalue weighted by Crippen LogP contribution is 2.45. The molecule has 2 aromatic rings. The van der Waals surface area contributed by atoms with Gasteiger partial charge < -0.3 is 29.3 Å². The first kappa shape index (κ1) is 23.4. The van der Waals surface area contributed by atoms with Gasteiger partial charge in [-0.2, -0.15) is 0 Å². The first-order valence-corrected chi connectivity index (χ1v) is 11.7. The Kier molecular flexibility index (Phi) is 6.24. The van der Waals surface area contributed by atoms with Gasteiger partial charge in [-0.05, 0) is 18.2 Å². The van der Waals surface area contributed by atoms with Gasteiger partial charge in [0.2, 0.25) is 11.8 Å². The number of fused-ring (bicyclic) bond motifs is 2. The Hall–Kier alpha value is -3.37. The van der Waals surface area contributed by atoms with Crippen LogP contribution >= 0.6 is 11.6 Å². The topological polar surface area (TPSA) is 95.4 Å². The summed E-state index contributed by atoms with van der Waals surface area (Å²) in [5.41, 5.74) is 0.365. The SMILES string of the molecule is C=CC(=O)N1CCN2C(=O)c3c(nc(-c4c(O)cccc4F)c(Cl)c3N3CCOCC3)OC[C@H]2C1. The number of ether oxygens (including phenoxy) is 2. The number of benzene rings is 1. The molecule has 2 fully saturated rings. The number of pyridine rings is 1. The van der Waals surface area contributed by atoms with E-state index in [-0.39, 0.29) is 58.4 Å². The second-order valence-electron chi connectivity index (χ2n) is 8.49. The Balaban J connectivity index is 1.65. The molecular formula is C24H24ClFN4O5. The molecule has 1 atom stereocenters. The molecule has 1 N–H and O–H groups in total. The first-order chi connectivity index (χ1) is 16.9. The van der Waals surface area contributed by atoms with Crippen molar-refractivity contribution in [3.63, 3.8) is 0 Å². The molecule has 2 amide bonds. The number of hydrogen-bond acceptors (Lipinski definition) is 7. The molecule has 11 heteroatoms. The van der Waals surface area contributed by atoms with Crippen LogP contribution in [-0.2, 0) is 9.53 Å². The zero-order valence-corrected chi connectivity index (χ0v) is 19.6. The van der Waals surface area contributed by atoms with Crippen LogP contribution in [0.15, 0.2) is 30.9 Å². The quantitative estimate of drug-likeness (QED) is 0.643. The van der Waals surface area contributed by atoms with Crippen LogP contribution in [0.5, 0.6) is 11.6 Å². The van der Waals surface area contributed by atoms with Crippen molar-refractivity contribution < 1.29 is 28.6 Å². The maximum atomic E-state index is 14.8. The number of piperazine rings is 1. The van der Waals surface area contributed by atoms with Gasteiger partial charge in [0.25, 0.3) is 5.91 Å². The Labute approximate surface area is 206 Å². The number of nitrogens with zero attached hydrogens (tertiary/aromatic N) is 4. The zero-order valence-electron chi connectivity index (χ0n) is 18.9. The highest BCUT2D eigenvalue weighted by molar-refractivity contribution is 6.37. The van der Waals surface area contributed by atoms with Crippen molar-refractivity contribution >= 4 is 29.1 Å². The molecule has 0 bridgehead atoms. The standard InChI is InChI=1S/C24H24ClFN4O5/c1-2-17(32)29-6-7-30-14(12-29)13-35-23-19(24(30)33)22(28-8-10-34-11-9-28)20(25)21(27-23)18-15(26)4-3-5-16(18)31/h2-5,14,31H,1,6-13H2/t14-/m1/s1. The monoisotopic (exact) mass is 502 g/mol. The number of aromatic nitrogens is 1. The lowest BCUT2D eigenvalue weighted by Crippen LogP contribution is -2.57. The van der Waals surface area contributed by atoms with Gasteiger partial charge in [-0.1, -0.05) is 24.2 Å². The third kappa shape index (κ3) is 4.06. The van der Waals surface area contributed by atoms with Crippen LogP contribution in [0.2, 0.25) is 5.02 Å². The molecule has 35 heavy (non-hydrogen) atoms. The van der Waals surface area contributed by atoms with Crippen LogP contribution in [0, 0.1) is 5.82 Å². The number of phenols is 1. The van der Waals surface area contributed by atoms with E-state index in [1.165, 1.54) is 24.3 Å². The minimum atomic E-state index is -0.705. The second kappa shape index (κ2) is 9.35. The summed E-state index contributed by atoms with van der Waals surface area (Å²) in [6, 6.07) is 3.51. The van der Waals surface area contributed by atoms with Gasteiger partial charge in [-0.25, -0.2) is 9.37 Å². The number of hydrogen-bond donors (Lipinski definition) is 1. The first-order valence-electron chi connectivity index (χ1n) is 11.3. The van der Waals surface area contributed by atoms with E-state index in [0.29, 0.717) is 45.1 Å². The van der Waals surface area contributed by atoms with E-state index in [0.717, 1.165) is 0 Å². The fourth-order valence-corrected chi connectivity index (χ4v) is 5.09. The van der Waals surface area contributed by atoms with Gasteiger partial charge in [0, 0.05) is 32.7 Å². The third-order valence-corrected chi connectivity index (χ3v) is 6.85. The number of amides is 2. The van der Waals surface area contributed by atoms with E-state index >= 15 is 0 Å². The minimum Gasteiger partial charge on any atom is -0.507 e. The van der Waals surface area contributed by atoms with E-state index in [1.54, 1.807) is 9.80 Å². The van der Waals surface area contributed by atoms with Gasteiger partial charge in [0.05, 0.1) is 35.5 Å². The van der Waals surface area contributed by atoms with Crippen LogP contribution in [-0.4, -0.2) is 90.3 Å². The van der Waals surface area contributed by atoms with Crippen LogP contribution in [0.3, 0.4) is 0 Å². The third-order valence-electron chi connectivity index (χ3n) is 6.49. The highest BCUT2D eigenvalue weighted by atomic mass is 35.5. The van der Waals surface area contributed by atoms with Gasteiger partial charge in [-0.3, -0.25) is 9.59 Å². The van der Waals surface area contributed by atoms with E-state index in [1.807, 2.05) is 4.90 Å². The molecule has 0 aliphatic carbocycles. The lowest BCUT2D eigenvalue weighted by Gasteiger charge is -2.40. The van der Waals surface area contributed by atoms with Gasteiger partial charge in [0.15, 0.2) is 0 Å². The molecule has 1 aromatic carbocycles. The van der Waals surface area contributed by atoms with Crippen molar-refractivity contribution in [1.29, 1.82) is 0 Å². The van der Waals surface area contributed by atoms with Crippen molar-refractivity contribution in [2.75, 3.05) is 57.4 Å². The van der Waals surface area contributed by atoms with Crippen molar-refractivity contribution in [2.45, 2.75) is 6.04 Å². The minimum absolute atomic E-state index is 0.00884. The van der Waals surface area contributed by atoms with Crippen molar-refractivity contribution in [3.05, 3.63) is 47.3 Å². The molecule has 5 rings (SSSR count). The number of rotatable bonds is 3. The van der Waals surface area contributed by atoms with Gasteiger partial charge >= 0.3 is 0 Å². The zero-order chi connectivity index (χ0) is 24.7. The molecule has 4 heterocycles. The van der Waals surface area contributed by atoms with Crippen molar-refractivity contribution in [2.24, 2.45) is 0 Å². The number of carbonyl (C=O) groups is 2. The molecule has 184 valence electrons. The van der Waals surface area contributed by atoms with E-state index in [9.17, 15) is 19.1 Å². The number of halogens is 2. The van der Waals surface area contributed by atoms with Crippen LogP contribution in [0.25, 0.3) is 11.3 Å². The molecule has 9 nitrogen and oxygen atoms in total. The molecular weight excluding hydrogens is 479 g/mol. The van der Waals surface area contributed by atoms with E-state index in [4.69, 9.17) is 21.1 Å². The molecule has 3 aliphatic heterocycles. The Bertz CT molecular complexity index is 1180. The summed E-state index contributed by atoms with van der Waals surface area (Å²) in [5, 5.41) is 10.5. The maximum Gasteiger partial charge on any atom is 0.262 e. The summed E-state index contributed by atoms with van der Waals surface area (Å²) in [6.45, 7) is 6.33. The Morgan fingerprint density at radius 2 is 2.00 bits per heavy atom. The number of morpholine rings is 1. The average Bonchev–Trinajstić information content (AvgIpc) is 3.00. The van der Waals surface area contributed by atoms with Crippen molar-refractivity contribution in [3.8, 4) is 22.9 Å². The average molecular weight is 503 g/mol. The lowest BCUT2D eigenvalue weighted by molar-refractivity contribution is -0.128. The highest BCUT2D eigenvalue weighted by Gasteiger charge is 2.40. The molecule has 0 radical (unpaired) electrons.